The molecule has 1 saturated heterocycles. The van der Waals surface area contributed by atoms with E-state index in [2.05, 4.69) is 48.8 Å². The van der Waals surface area contributed by atoms with Gasteiger partial charge in [-0.25, -0.2) is 0 Å². The normalized spacial score (nSPS) is 16.8. The van der Waals surface area contributed by atoms with E-state index in [0.717, 1.165) is 49.1 Å². The number of pyridine rings is 1. The first-order valence-corrected chi connectivity index (χ1v) is 8.39. The summed E-state index contributed by atoms with van der Waals surface area (Å²) in [5, 5.41) is 2.43. The van der Waals surface area contributed by atoms with Gasteiger partial charge in [0, 0.05) is 54.5 Å². The van der Waals surface area contributed by atoms with E-state index in [1.54, 1.807) is 0 Å². The van der Waals surface area contributed by atoms with Crippen molar-refractivity contribution in [3.8, 4) is 0 Å². The van der Waals surface area contributed by atoms with Crippen molar-refractivity contribution in [3.63, 3.8) is 0 Å². The molecule has 1 aromatic carbocycles. The third-order valence-corrected chi connectivity index (χ3v) is 4.94. The molecule has 22 heavy (non-hydrogen) atoms. The number of fused-ring (bicyclic) bond motifs is 1. The predicted octanol–water partition coefficient (Wildman–Crippen LogP) is 1.97. The number of nitrogens with zero attached hydrogens (tertiary/aromatic N) is 3. The molecule has 0 amide bonds. The average molecular weight is 360 g/mol. The van der Waals surface area contributed by atoms with Crippen LogP contribution in [0.4, 0.5) is 0 Å². The fourth-order valence-corrected chi connectivity index (χ4v) is 3.42. The molecule has 1 aromatic heterocycles. The zero-order valence-corrected chi connectivity index (χ0v) is 14.3. The van der Waals surface area contributed by atoms with Gasteiger partial charge in [-0.3, -0.25) is 9.88 Å². The molecule has 0 N–H and O–H groups in total. The summed E-state index contributed by atoms with van der Waals surface area (Å²) in [6, 6.07) is 6.62. The molecule has 6 heteroatoms. The molecular formula is C16H19BBrN3O. The fraction of sp³-hybridized carbons (Fsp3) is 0.375. The lowest BCUT2D eigenvalue weighted by Crippen LogP contribution is -2.47. The molecule has 114 valence electrons. The number of benzene rings is 1. The Labute approximate surface area is 139 Å². The number of hydrogen-bond donors (Lipinski definition) is 0. The van der Waals surface area contributed by atoms with Crippen LogP contribution in [0.3, 0.4) is 0 Å². The van der Waals surface area contributed by atoms with Gasteiger partial charge in [-0.05, 0) is 39.9 Å². The van der Waals surface area contributed by atoms with E-state index < -0.39 is 0 Å². The highest BCUT2D eigenvalue weighted by molar-refractivity contribution is 9.10. The molecule has 0 atom stereocenters. The SMILES string of the molecule is Cc1ncc(Br)c2cc(CN3CCN(BC=O)CC3)ccc12. The van der Waals surface area contributed by atoms with Gasteiger partial charge < -0.3 is 9.61 Å². The number of aryl methyl sites for hydroxylation is 1. The van der Waals surface area contributed by atoms with Crippen molar-refractivity contribution in [1.29, 1.82) is 0 Å². The Kier molecular flexibility index (Phi) is 4.91. The number of aromatic nitrogens is 1. The van der Waals surface area contributed by atoms with Gasteiger partial charge >= 0.3 is 0 Å². The van der Waals surface area contributed by atoms with Crippen LogP contribution in [0.1, 0.15) is 11.3 Å². The molecule has 0 bridgehead atoms. The maximum atomic E-state index is 10.6. The van der Waals surface area contributed by atoms with Gasteiger partial charge in [0.15, 0.2) is 0 Å². The van der Waals surface area contributed by atoms with Gasteiger partial charge in [-0.1, -0.05) is 12.1 Å². The van der Waals surface area contributed by atoms with Crippen LogP contribution in [0.5, 0.6) is 0 Å². The van der Waals surface area contributed by atoms with Gasteiger partial charge in [-0.2, -0.15) is 0 Å². The van der Waals surface area contributed by atoms with Crippen LogP contribution in [0.15, 0.2) is 28.9 Å². The second-order valence-corrected chi connectivity index (χ2v) is 6.67. The van der Waals surface area contributed by atoms with Crippen LogP contribution in [-0.2, 0) is 11.3 Å². The maximum Gasteiger partial charge on any atom is 0.281 e. The Morgan fingerprint density at radius 2 is 2.05 bits per heavy atom. The standard InChI is InChI=1S/C16H19BBrN3O/c1-12-14-3-2-13(8-15(14)16(18)9-19-12)10-20-4-6-21(7-5-20)17-11-22/h2-3,8-9,11,17H,4-7,10H2,1H3. The molecular weight excluding hydrogens is 341 g/mol. The minimum Gasteiger partial charge on any atom is -0.336 e. The smallest absolute Gasteiger partial charge is 0.281 e. The van der Waals surface area contributed by atoms with Crippen molar-refractivity contribution in [1.82, 2.24) is 14.7 Å². The first kappa shape index (κ1) is 15.7. The molecule has 0 spiro atoms. The highest BCUT2D eigenvalue weighted by atomic mass is 79.9. The van der Waals surface area contributed by atoms with Crippen LogP contribution in [0.2, 0.25) is 0 Å². The van der Waals surface area contributed by atoms with E-state index in [1.807, 2.05) is 13.1 Å². The molecule has 1 aliphatic heterocycles. The highest BCUT2D eigenvalue weighted by Gasteiger charge is 2.17. The Morgan fingerprint density at radius 1 is 1.27 bits per heavy atom. The topological polar surface area (TPSA) is 36.4 Å². The van der Waals surface area contributed by atoms with E-state index in [0.29, 0.717) is 7.41 Å². The first-order chi connectivity index (χ1) is 10.7. The summed E-state index contributed by atoms with van der Waals surface area (Å²) in [5.41, 5.74) is 2.38. The number of halogens is 1. The molecule has 0 unspecified atom stereocenters. The zero-order valence-electron chi connectivity index (χ0n) is 12.8. The van der Waals surface area contributed by atoms with E-state index in [1.165, 1.54) is 16.3 Å². The largest absolute Gasteiger partial charge is 0.336 e. The van der Waals surface area contributed by atoms with E-state index in [9.17, 15) is 4.79 Å². The van der Waals surface area contributed by atoms with Crippen LogP contribution in [0.25, 0.3) is 10.8 Å². The summed E-state index contributed by atoms with van der Waals surface area (Å²) in [7, 11) is 0.559. The third-order valence-electron chi connectivity index (χ3n) is 4.31. The Bertz CT molecular complexity index is 686. The third kappa shape index (κ3) is 3.40. The molecule has 4 nitrogen and oxygen atoms in total. The van der Waals surface area contributed by atoms with Crippen molar-refractivity contribution >= 4 is 40.3 Å². The Morgan fingerprint density at radius 3 is 2.77 bits per heavy atom. The van der Waals surface area contributed by atoms with Crippen LogP contribution in [0, 0.1) is 6.92 Å². The molecule has 1 fully saturated rings. The first-order valence-electron chi connectivity index (χ1n) is 7.59. The molecule has 1 aliphatic rings. The summed E-state index contributed by atoms with van der Waals surface area (Å²) in [5.74, 6) is 0. The van der Waals surface area contributed by atoms with Crippen LogP contribution in [-0.4, -0.2) is 54.5 Å². The average Bonchev–Trinajstić information content (AvgIpc) is 2.53. The van der Waals surface area contributed by atoms with Gasteiger partial charge in [0.05, 0.1) is 6.19 Å². The molecule has 2 aromatic rings. The van der Waals surface area contributed by atoms with Crippen molar-refractivity contribution < 1.29 is 4.79 Å². The summed E-state index contributed by atoms with van der Waals surface area (Å²) in [6.45, 7) is 6.97. The van der Waals surface area contributed by atoms with Crippen molar-refractivity contribution in [2.45, 2.75) is 13.5 Å². The lowest BCUT2D eigenvalue weighted by Gasteiger charge is -2.33. The van der Waals surface area contributed by atoms with Gasteiger partial charge in [0.1, 0.15) is 0 Å². The summed E-state index contributed by atoms with van der Waals surface area (Å²) in [4.78, 5) is 19.6. The van der Waals surface area contributed by atoms with Crippen molar-refractivity contribution in [2.24, 2.45) is 0 Å². The molecule has 0 saturated carbocycles. The second kappa shape index (κ2) is 6.90. The van der Waals surface area contributed by atoms with Crippen LogP contribution >= 0.6 is 15.9 Å². The summed E-state index contributed by atoms with van der Waals surface area (Å²) < 4.78 is 1.05. The van der Waals surface area contributed by atoms with Gasteiger partial charge in [-0.15, -0.1) is 0 Å². The Balaban J connectivity index is 1.72. The number of carbonyl (C=O) groups is 1. The van der Waals surface area contributed by atoms with Crippen molar-refractivity contribution in [3.05, 3.63) is 40.1 Å². The molecule has 2 heterocycles. The van der Waals surface area contributed by atoms with E-state index in [4.69, 9.17) is 0 Å². The lowest BCUT2D eigenvalue weighted by molar-refractivity contribution is 0.183. The quantitative estimate of drug-likeness (QED) is 0.617. The minimum absolute atomic E-state index is 0.559. The number of rotatable bonds is 4. The van der Waals surface area contributed by atoms with Crippen molar-refractivity contribution in [2.75, 3.05) is 26.2 Å². The van der Waals surface area contributed by atoms with Gasteiger partial charge in [0.2, 0.25) is 0 Å². The molecule has 0 aliphatic carbocycles. The molecule has 3 rings (SSSR count). The van der Waals surface area contributed by atoms with E-state index in [-0.39, 0.29) is 0 Å². The summed E-state index contributed by atoms with van der Waals surface area (Å²) in [6.07, 6.45) is 2.87. The summed E-state index contributed by atoms with van der Waals surface area (Å²) >= 11 is 3.60. The minimum atomic E-state index is 0.559. The maximum absolute atomic E-state index is 10.6. The fourth-order valence-electron chi connectivity index (χ4n) is 2.99. The molecule has 0 radical (unpaired) electrons. The Hall–Kier alpha value is -1.24. The van der Waals surface area contributed by atoms with E-state index >= 15 is 0 Å². The highest BCUT2D eigenvalue weighted by Crippen LogP contribution is 2.26. The number of carbonyl (C=O) groups excluding carboxylic acids is 1. The van der Waals surface area contributed by atoms with Gasteiger partial charge in [0.25, 0.3) is 7.41 Å². The van der Waals surface area contributed by atoms with Crippen LogP contribution < -0.4 is 0 Å². The lowest BCUT2D eigenvalue weighted by atomic mass is 9.93. The number of hydrogen-bond acceptors (Lipinski definition) is 4. The monoisotopic (exact) mass is 359 g/mol. The predicted molar refractivity (Wildman–Crippen MR) is 94.9 cm³/mol. The zero-order chi connectivity index (χ0) is 15.5. The second-order valence-electron chi connectivity index (χ2n) is 5.81. The number of piperazine rings is 1.